The van der Waals surface area contributed by atoms with Crippen LogP contribution < -0.4 is 0 Å². The molecule has 6 rings (SSSR count). The van der Waals surface area contributed by atoms with Gasteiger partial charge in [-0.25, -0.2) is 0 Å². The molecule has 0 unspecified atom stereocenters. The van der Waals surface area contributed by atoms with Crippen LogP contribution >= 0.6 is 0 Å². The Morgan fingerprint density at radius 1 is 0.547 bits per heavy atom. The lowest BCUT2D eigenvalue weighted by molar-refractivity contribution is -0.421. The van der Waals surface area contributed by atoms with Crippen LogP contribution in [0.1, 0.15) is 22.3 Å². The topological polar surface area (TPSA) is 229 Å². The van der Waals surface area contributed by atoms with E-state index in [1.165, 1.54) is 0 Å². The molecule has 0 aromatic heterocycles. The van der Waals surface area contributed by atoms with Crippen LogP contribution in [0.5, 0.6) is 0 Å². The van der Waals surface area contributed by atoms with Crippen LogP contribution in [0.2, 0.25) is 0 Å². The summed E-state index contributed by atoms with van der Waals surface area (Å²) in [4.78, 5) is 2.82. The molecule has 2 fully saturated rings. The van der Waals surface area contributed by atoms with Gasteiger partial charge >= 0.3 is 0 Å². The maximum atomic E-state index is 13.6. The Hall–Kier alpha value is -4.21. The Balaban J connectivity index is 1.67. The number of aliphatic hydroxyl groups excluding tert-OH is 3. The summed E-state index contributed by atoms with van der Waals surface area (Å²) in [5, 5.41) is 103. The van der Waals surface area contributed by atoms with Crippen LogP contribution in [0.3, 0.4) is 0 Å². The van der Waals surface area contributed by atoms with Crippen molar-refractivity contribution in [3.8, 4) is 0 Å². The summed E-state index contributed by atoms with van der Waals surface area (Å²) in [6, 6.07) is 31.9. The largest absolute Gasteiger partial charge is 0.394 e. The molecule has 2 heterocycles. The van der Waals surface area contributed by atoms with Gasteiger partial charge in [0, 0.05) is 30.6 Å². The zero-order chi connectivity index (χ0) is 37.9. The lowest BCUT2D eigenvalue weighted by Crippen LogP contribution is -2.90. The molecule has 8 N–H and O–H groups in total. The maximum Gasteiger partial charge on any atom is 0.166 e. The van der Waals surface area contributed by atoms with Gasteiger partial charge in [0.2, 0.25) is 0 Å². The molecule has 4 aromatic carbocycles. The monoisotopic (exact) mass is 727 g/mol. The van der Waals surface area contributed by atoms with Gasteiger partial charge in [-0.1, -0.05) is 126 Å². The van der Waals surface area contributed by atoms with E-state index in [0.29, 0.717) is 22.3 Å². The van der Waals surface area contributed by atoms with Gasteiger partial charge < -0.3 is 50.3 Å². The van der Waals surface area contributed by atoms with Crippen molar-refractivity contribution >= 4 is 0 Å². The van der Waals surface area contributed by atoms with E-state index in [2.05, 4.69) is 10.0 Å². The zero-order valence-electron chi connectivity index (χ0n) is 28.9. The highest BCUT2D eigenvalue weighted by molar-refractivity contribution is 5.37. The van der Waals surface area contributed by atoms with E-state index in [1.54, 1.807) is 121 Å². The Bertz CT molecular complexity index is 1860. The molecule has 4 aromatic rings. The van der Waals surface area contributed by atoms with Gasteiger partial charge in [0.1, 0.15) is 46.8 Å². The molecule has 0 amide bonds. The molecule has 0 spiro atoms. The fourth-order valence-corrected chi connectivity index (χ4v) is 8.46. The first-order chi connectivity index (χ1) is 25.4. The number of rotatable bonds is 12. The van der Waals surface area contributed by atoms with Crippen molar-refractivity contribution < 1.29 is 50.3 Å². The molecule has 280 valence electrons. The SMILES string of the molecule is [N-]=[N+]=N[C@@H]1[C@@H](O)O[C@H](CO)[C@](O)([C@@H]2O[C@H](CO)[C@](O)(Cc3ccccc3)[C@@](O)(Cc3ccccc3)[C@@]2(O)Cc2ccccc2)[C@@]1(O)Cc1ccccc1. The Morgan fingerprint density at radius 3 is 1.36 bits per heavy atom. The third-order valence-corrected chi connectivity index (χ3v) is 11.1. The zero-order valence-corrected chi connectivity index (χ0v) is 28.9. The van der Waals surface area contributed by atoms with Gasteiger partial charge in [0.15, 0.2) is 11.9 Å². The second kappa shape index (κ2) is 15.3. The number of azide groups is 1. The third kappa shape index (κ3) is 6.54. The summed E-state index contributed by atoms with van der Waals surface area (Å²) >= 11 is 0. The third-order valence-electron chi connectivity index (χ3n) is 11.1. The highest BCUT2D eigenvalue weighted by Gasteiger charge is 2.79. The maximum absolute atomic E-state index is 13.6. The van der Waals surface area contributed by atoms with E-state index in [0.717, 1.165) is 0 Å². The molecular formula is C40H45N3O10. The van der Waals surface area contributed by atoms with Crippen LogP contribution in [0.15, 0.2) is 126 Å². The summed E-state index contributed by atoms with van der Waals surface area (Å²) in [6.45, 7) is -2.01. The van der Waals surface area contributed by atoms with Crippen LogP contribution in [0.4, 0.5) is 0 Å². The summed E-state index contributed by atoms with van der Waals surface area (Å²) < 4.78 is 12.2. The van der Waals surface area contributed by atoms with Gasteiger partial charge in [-0.2, -0.15) is 0 Å². The van der Waals surface area contributed by atoms with Crippen molar-refractivity contribution in [3.63, 3.8) is 0 Å². The lowest BCUT2D eigenvalue weighted by atomic mass is 9.52. The molecule has 2 saturated heterocycles. The number of hydrogen-bond acceptors (Lipinski definition) is 11. The van der Waals surface area contributed by atoms with Gasteiger partial charge in [-0.15, -0.1) is 0 Å². The van der Waals surface area contributed by atoms with Crippen molar-refractivity contribution in [2.24, 2.45) is 5.11 Å². The summed E-state index contributed by atoms with van der Waals surface area (Å²) in [5.41, 5.74) is -2.50. The molecule has 2 aliphatic heterocycles. The second-order valence-electron chi connectivity index (χ2n) is 14.1. The molecule has 2 aliphatic rings. The van der Waals surface area contributed by atoms with Gasteiger partial charge in [0.05, 0.1) is 13.2 Å². The van der Waals surface area contributed by atoms with Gasteiger partial charge in [-0.05, 0) is 27.8 Å². The number of ether oxygens (including phenoxy) is 2. The van der Waals surface area contributed by atoms with E-state index < -0.39 is 91.1 Å². The summed E-state index contributed by atoms with van der Waals surface area (Å²) in [7, 11) is 0. The summed E-state index contributed by atoms with van der Waals surface area (Å²) in [5.74, 6) is 0. The molecule has 0 saturated carbocycles. The molecule has 13 heteroatoms. The lowest BCUT2D eigenvalue weighted by Gasteiger charge is -2.67. The highest BCUT2D eigenvalue weighted by atomic mass is 16.6. The van der Waals surface area contributed by atoms with Gasteiger partial charge in [0.25, 0.3) is 0 Å². The molecule has 13 nitrogen and oxygen atoms in total. The minimum Gasteiger partial charge on any atom is -0.394 e. The normalized spacial score (nSPS) is 35.7. The van der Waals surface area contributed by atoms with Crippen LogP contribution in [0, 0.1) is 0 Å². The first-order valence-electron chi connectivity index (χ1n) is 17.4. The van der Waals surface area contributed by atoms with Gasteiger partial charge in [-0.3, -0.25) is 0 Å². The highest BCUT2D eigenvalue weighted by Crippen LogP contribution is 2.56. The van der Waals surface area contributed by atoms with Crippen LogP contribution in [-0.2, 0) is 35.2 Å². The molecule has 0 radical (unpaired) electrons. The smallest absolute Gasteiger partial charge is 0.166 e. The number of benzene rings is 4. The minimum atomic E-state index is -3.05. The quantitative estimate of drug-likeness (QED) is 0.0599. The van der Waals surface area contributed by atoms with Crippen molar-refractivity contribution in [3.05, 3.63) is 154 Å². The predicted molar refractivity (Wildman–Crippen MR) is 192 cm³/mol. The van der Waals surface area contributed by atoms with Crippen LogP contribution in [-0.4, -0.2) is 113 Å². The minimum absolute atomic E-state index is 0.348. The fraction of sp³-hybridized carbons (Fsp3) is 0.400. The Kier molecular flexibility index (Phi) is 11.1. The molecule has 0 aliphatic carbocycles. The molecule has 10 atom stereocenters. The molecule has 53 heavy (non-hydrogen) atoms. The van der Waals surface area contributed by atoms with E-state index in [9.17, 15) is 46.4 Å². The molecular weight excluding hydrogens is 682 g/mol. The average Bonchev–Trinajstić information content (AvgIpc) is 3.16. The van der Waals surface area contributed by atoms with Crippen molar-refractivity contribution in [2.45, 2.75) is 84.3 Å². The second-order valence-corrected chi connectivity index (χ2v) is 14.1. The van der Waals surface area contributed by atoms with E-state index in [4.69, 9.17) is 9.47 Å². The van der Waals surface area contributed by atoms with Crippen molar-refractivity contribution in [1.29, 1.82) is 0 Å². The van der Waals surface area contributed by atoms with Crippen LogP contribution in [0.25, 0.3) is 10.4 Å². The number of hydrogen-bond donors (Lipinski definition) is 8. The van der Waals surface area contributed by atoms with Crippen molar-refractivity contribution in [2.75, 3.05) is 13.2 Å². The van der Waals surface area contributed by atoms with E-state index in [1.807, 2.05) is 0 Å². The fourth-order valence-electron chi connectivity index (χ4n) is 8.46. The first kappa shape index (κ1) is 38.5. The number of aliphatic hydroxyl groups is 8. The first-order valence-corrected chi connectivity index (χ1v) is 17.4. The molecule has 0 bridgehead atoms. The Morgan fingerprint density at radius 2 is 0.943 bits per heavy atom. The number of nitrogens with zero attached hydrogens (tertiary/aromatic N) is 3. The standard InChI is InChI=1S/C40H45N3O10/c41-43-42-33-34(46)52-32(26-45)40(51,37(33,48)22-28-15-7-2-8-16-28)35-38(49,23-29-17-9-3-10-18-29)39(50,24-30-19-11-4-12-20-30)36(47,31(25-44)53-35)21-27-13-5-1-6-14-27/h1-20,31-35,44-51H,21-26H2/t31-,32-,33-,34+,35-,36-,37-,38-,39+,40+/m1/s1. The summed E-state index contributed by atoms with van der Waals surface area (Å²) in [6.07, 6.45) is -9.87. The Labute approximate surface area is 306 Å². The van der Waals surface area contributed by atoms with Crippen molar-refractivity contribution in [1.82, 2.24) is 0 Å². The van der Waals surface area contributed by atoms with E-state index in [-0.39, 0.29) is 6.42 Å². The predicted octanol–water partition coefficient (Wildman–Crippen LogP) is 1.76. The van der Waals surface area contributed by atoms with E-state index >= 15 is 0 Å². The average molecular weight is 728 g/mol.